The molecule has 0 aliphatic rings. The molecule has 0 fully saturated rings. The number of rotatable bonds is 5. The van der Waals surface area contributed by atoms with E-state index in [1.54, 1.807) is 6.07 Å². The predicted molar refractivity (Wildman–Crippen MR) is 78.6 cm³/mol. The molecule has 0 saturated heterocycles. The van der Waals surface area contributed by atoms with Crippen molar-refractivity contribution >= 4 is 22.8 Å². The van der Waals surface area contributed by atoms with Gasteiger partial charge in [-0.2, -0.15) is 10.1 Å². The smallest absolute Gasteiger partial charge is 0.295 e. The minimum absolute atomic E-state index is 0.537. The minimum atomic E-state index is 0.537. The molecule has 0 spiro atoms. The molecule has 3 aromatic rings. The molecule has 2 aromatic heterocycles. The van der Waals surface area contributed by atoms with Gasteiger partial charge in [-0.3, -0.25) is 5.10 Å². The number of nitrogens with two attached hydrogens (primary N) is 1. The summed E-state index contributed by atoms with van der Waals surface area (Å²) in [5.41, 5.74) is 10.3. The monoisotopic (exact) mass is 271 g/mol. The first-order chi connectivity index (χ1) is 9.72. The van der Waals surface area contributed by atoms with Crippen molar-refractivity contribution < 1.29 is 4.42 Å². The van der Waals surface area contributed by atoms with E-state index in [0.717, 1.165) is 30.6 Å². The Morgan fingerprint density at radius 3 is 3.10 bits per heavy atom. The van der Waals surface area contributed by atoms with Gasteiger partial charge in [-0.25, -0.2) is 0 Å². The molecule has 2 heterocycles. The number of hydrogen-bond acceptors (Lipinski definition) is 5. The van der Waals surface area contributed by atoms with Crippen LogP contribution in [0.4, 0.5) is 11.7 Å². The Bertz CT molecular complexity index is 715. The second-order valence-corrected chi connectivity index (χ2v) is 4.80. The lowest BCUT2D eigenvalue weighted by molar-refractivity contribution is 0.612. The molecule has 0 bridgehead atoms. The molecule has 20 heavy (non-hydrogen) atoms. The van der Waals surface area contributed by atoms with Crippen LogP contribution < -0.4 is 11.1 Å². The third-order valence-electron chi connectivity index (χ3n) is 3.25. The van der Waals surface area contributed by atoms with Crippen LogP contribution in [-0.2, 0) is 6.42 Å². The molecule has 0 aliphatic carbocycles. The summed E-state index contributed by atoms with van der Waals surface area (Å²) in [6, 6.07) is 5.99. The SMILES string of the molecule is Cc1[nH]ncc1CCCNc1nc2ccc(N)cc2o1. The van der Waals surface area contributed by atoms with Crippen LogP contribution >= 0.6 is 0 Å². The first-order valence-electron chi connectivity index (χ1n) is 6.61. The van der Waals surface area contributed by atoms with E-state index in [9.17, 15) is 0 Å². The summed E-state index contributed by atoms with van der Waals surface area (Å²) in [6.07, 6.45) is 3.83. The van der Waals surface area contributed by atoms with Crippen molar-refractivity contribution in [3.63, 3.8) is 0 Å². The normalized spacial score (nSPS) is 11.1. The second kappa shape index (κ2) is 5.24. The molecule has 6 nitrogen and oxygen atoms in total. The molecule has 0 atom stereocenters. The van der Waals surface area contributed by atoms with Gasteiger partial charge in [-0.15, -0.1) is 0 Å². The molecule has 0 saturated carbocycles. The summed E-state index contributed by atoms with van der Waals surface area (Å²) in [6.45, 7) is 2.83. The Hall–Kier alpha value is -2.50. The fourth-order valence-electron chi connectivity index (χ4n) is 2.12. The topological polar surface area (TPSA) is 92.8 Å². The quantitative estimate of drug-likeness (QED) is 0.489. The van der Waals surface area contributed by atoms with Gasteiger partial charge in [0.05, 0.1) is 6.20 Å². The van der Waals surface area contributed by atoms with Crippen LogP contribution in [0.5, 0.6) is 0 Å². The van der Waals surface area contributed by atoms with Gasteiger partial charge in [-0.1, -0.05) is 0 Å². The highest BCUT2D eigenvalue weighted by Gasteiger charge is 2.05. The molecule has 4 N–H and O–H groups in total. The fraction of sp³-hybridized carbons (Fsp3) is 0.286. The molecule has 104 valence electrons. The van der Waals surface area contributed by atoms with Crippen LogP contribution in [0, 0.1) is 6.92 Å². The van der Waals surface area contributed by atoms with Crippen molar-refractivity contribution in [1.82, 2.24) is 15.2 Å². The number of nitrogen functional groups attached to an aromatic ring is 1. The number of aryl methyl sites for hydroxylation is 2. The summed E-state index contributed by atoms with van der Waals surface area (Å²) in [7, 11) is 0. The minimum Gasteiger partial charge on any atom is -0.423 e. The number of oxazole rings is 1. The van der Waals surface area contributed by atoms with Crippen LogP contribution in [0.15, 0.2) is 28.8 Å². The zero-order valence-corrected chi connectivity index (χ0v) is 11.3. The lowest BCUT2D eigenvalue weighted by Gasteiger charge is -2.01. The number of nitrogens with one attached hydrogen (secondary N) is 2. The Balaban J connectivity index is 1.56. The molecule has 0 radical (unpaired) electrons. The zero-order chi connectivity index (χ0) is 13.9. The molecular weight excluding hydrogens is 254 g/mol. The number of anilines is 2. The van der Waals surface area contributed by atoms with Crippen LogP contribution in [-0.4, -0.2) is 21.7 Å². The van der Waals surface area contributed by atoms with E-state index in [1.807, 2.05) is 25.3 Å². The molecule has 6 heteroatoms. The van der Waals surface area contributed by atoms with Crippen molar-refractivity contribution in [3.05, 3.63) is 35.7 Å². The number of fused-ring (bicyclic) bond motifs is 1. The van der Waals surface area contributed by atoms with Crippen molar-refractivity contribution in [2.24, 2.45) is 0 Å². The van der Waals surface area contributed by atoms with Gasteiger partial charge in [0, 0.05) is 24.0 Å². The maximum absolute atomic E-state index is 5.71. The maximum Gasteiger partial charge on any atom is 0.295 e. The van der Waals surface area contributed by atoms with Gasteiger partial charge < -0.3 is 15.5 Å². The van der Waals surface area contributed by atoms with Crippen LogP contribution in [0.25, 0.3) is 11.1 Å². The second-order valence-electron chi connectivity index (χ2n) is 4.80. The van der Waals surface area contributed by atoms with Crippen molar-refractivity contribution in [2.75, 3.05) is 17.6 Å². The molecule has 0 aliphatic heterocycles. The molecular formula is C14H17N5O. The molecule has 3 rings (SSSR count). The van der Waals surface area contributed by atoms with Crippen LogP contribution in [0.2, 0.25) is 0 Å². The highest BCUT2D eigenvalue weighted by molar-refractivity contribution is 5.78. The van der Waals surface area contributed by atoms with E-state index in [4.69, 9.17) is 10.2 Å². The number of aromatic nitrogens is 3. The third kappa shape index (κ3) is 2.59. The van der Waals surface area contributed by atoms with Crippen LogP contribution in [0.3, 0.4) is 0 Å². The Kier molecular flexibility index (Phi) is 3.28. The van der Waals surface area contributed by atoms with Gasteiger partial charge in [0.25, 0.3) is 6.01 Å². The van der Waals surface area contributed by atoms with Gasteiger partial charge in [0.2, 0.25) is 0 Å². The van der Waals surface area contributed by atoms with E-state index in [2.05, 4.69) is 20.5 Å². The van der Waals surface area contributed by atoms with Crippen molar-refractivity contribution in [3.8, 4) is 0 Å². The van der Waals surface area contributed by atoms with Gasteiger partial charge in [0.1, 0.15) is 5.52 Å². The van der Waals surface area contributed by atoms with E-state index < -0.39 is 0 Å². The van der Waals surface area contributed by atoms with E-state index in [0.29, 0.717) is 17.3 Å². The highest BCUT2D eigenvalue weighted by Crippen LogP contribution is 2.21. The number of H-pyrrole nitrogens is 1. The van der Waals surface area contributed by atoms with Crippen molar-refractivity contribution in [2.45, 2.75) is 19.8 Å². The Labute approximate surface area is 116 Å². The maximum atomic E-state index is 5.71. The van der Waals surface area contributed by atoms with Gasteiger partial charge >= 0.3 is 0 Å². The summed E-state index contributed by atoms with van der Waals surface area (Å²) < 4.78 is 5.59. The van der Waals surface area contributed by atoms with Crippen molar-refractivity contribution in [1.29, 1.82) is 0 Å². The lowest BCUT2D eigenvalue weighted by atomic mass is 10.1. The Morgan fingerprint density at radius 1 is 1.40 bits per heavy atom. The first kappa shape index (κ1) is 12.5. The van der Waals surface area contributed by atoms with Crippen LogP contribution in [0.1, 0.15) is 17.7 Å². The standard InChI is InChI=1S/C14H17N5O/c1-9-10(8-17-19-9)3-2-6-16-14-18-12-5-4-11(15)7-13(12)20-14/h4-5,7-8H,2-3,6,15H2,1H3,(H,16,18)(H,17,19). The average molecular weight is 271 g/mol. The molecule has 1 aromatic carbocycles. The summed E-state index contributed by atoms with van der Waals surface area (Å²) in [5, 5.41) is 10.1. The predicted octanol–water partition coefficient (Wildman–Crippen LogP) is 2.49. The lowest BCUT2D eigenvalue weighted by Crippen LogP contribution is -2.03. The van der Waals surface area contributed by atoms with Gasteiger partial charge in [-0.05, 0) is 37.5 Å². The zero-order valence-electron chi connectivity index (χ0n) is 11.3. The third-order valence-corrected chi connectivity index (χ3v) is 3.25. The number of nitrogens with zero attached hydrogens (tertiary/aromatic N) is 2. The summed E-state index contributed by atoms with van der Waals surface area (Å²) >= 11 is 0. The molecule has 0 amide bonds. The Morgan fingerprint density at radius 2 is 2.30 bits per heavy atom. The number of aromatic amines is 1. The summed E-state index contributed by atoms with van der Waals surface area (Å²) in [5.74, 6) is 0. The largest absolute Gasteiger partial charge is 0.423 e. The van der Waals surface area contributed by atoms with E-state index >= 15 is 0 Å². The average Bonchev–Trinajstić information content (AvgIpc) is 3.00. The first-order valence-corrected chi connectivity index (χ1v) is 6.61. The van der Waals surface area contributed by atoms with E-state index in [-0.39, 0.29) is 0 Å². The molecule has 0 unspecified atom stereocenters. The van der Waals surface area contributed by atoms with E-state index in [1.165, 1.54) is 5.56 Å². The van der Waals surface area contributed by atoms with Gasteiger partial charge in [0.15, 0.2) is 5.58 Å². The summed E-state index contributed by atoms with van der Waals surface area (Å²) in [4.78, 5) is 4.35. The number of benzene rings is 1. The highest BCUT2D eigenvalue weighted by atomic mass is 16.4. The number of hydrogen-bond donors (Lipinski definition) is 3. The fourth-order valence-corrected chi connectivity index (χ4v) is 2.12.